The molecular weight excluding hydrogens is 230 g/mol. The van der Waals surface area contributed by atoms with Gasteiger partial charge in [0.1, 0.15) is 0 Å². The first kappa shape index (κ1) is 12.7. The Bertz CT molecular complexity index is 362. The summed E-state index contributed by atoms with van der Waals surface area (Å²) in [6.45, 7) is 2.27. The molecule has 3 nitrogen and oxygen atoms in total. The van der Waals surface area contributed by atoms with Crippen LogP contribution in [-0.4, -0.2) is 20.1 Å². The number of nitrogens with one attached hydrogen (secondary N) is 2. The Balaban J connectivity index is 2.18. The lowest BCUT2D eigenvalue weighted by Gasteiger charge is -2.25. The smallest absolute Gasteiger partial charge is 0.0333 e. The summed E-state index contributed by atoms with van der Waals surface area (Å²) < 4.78 is 3.13. The molecule has 17 heavy (non-hydrogen) atoms. The van der Waals surface area contributed by atoms with Crippen LogP contribution in [0.1, 0.15) is 29.9 Å². The van der Waals surface area contributed by atoms with Crippen LogP contribution >= 0.6 is 11.9 Å². The van der Waals surface area contributed by atoms with Crippen LogP contribution < -0.4 is 15.8 Å². The van der Waals surface area contributed by atoms with Crippen molar-refractivity contribution in [1.82, 2.24) is 10.0 Å². The predicted molar refractivity (Wildman–Crippen MR) is 76.1 cm³/mol. The normalized spacial score (nSPS) is 17.2. The Morgan fingerprint density at radius 2 is 2.18 bits per heavy atom. The molecule has 1 heterocycles. The lowest BCUT2D eigenvalue weighted by molar-refractivity contribution is 0.459. The molecule has 0 aliphatic carbocycles. The van der Waals surface area contributed by atoms with Crippen LogP contribution in [0.4, 0.5) is 5.69 Å². The van der Waals surface area contributed by atoms with E-state index in [0.29, 0.717) is 5.92 Å². The molecule has 4 N–H and O–H groups in total. The number of benzene rings is 1. The molecule has 4 heteroatoms. The van der Waals surface area contributed by atoms with Crippen molar-refractivity contribution in [3.05, 3.63) is 29.3 Å². The molecular formula is C13H21N3S. The summed E-state index contributed by atoms with van der Waals surface area (Å²) in [5, 5.41) is 3.42. The average Bonchev–Trinajstić information content (AvgIpc) is 2.37. The molecule has 0 saturated carbocycles. The van der Waals surface area contributed by atoms with E-state index in [-0.39, 0.29) is 0 Å². The van der Waals surface area contributed by atoms with Crippen LogP contribution in [0, 0.1) is 0 Å². The van der Waals surface area contributed by atoms with Gasteiger partial charge in [-0.05, 0) is 62.2 Å². The largest absolute Gasteiger partial charge is 0.399 e. The molecule has 0 amide bonds. The topological polar surface area (TPSA) is 50.1 Å². The number of hydrogen-bond acceptors (Lipinski definition) is 4. The number of nitrogens with two attached hydrogens (primary N) is 1. The standard InChI is InChI=1S/C13H21N3S/c1-15-17-9-11-8-12(14)2-3-13(11)10-4-6-16-7-5-10/h2-3,8,10,15-16H,4-7,9,14H2,1H3. The fourth-order valence-electron chi connectivity index (χ4n) is 2.43. The van der Waals surface area contributed by atoms with Crippen molar-refractivity contribution < 1.29 is 0 Å². The van der Waals surface area contributed by atoms with Gasteiger partial charge in [-0.1, -0.05) is 18.0 Å². The number of anilines is 1. The van der Waals surface area contributed by atoms with E-state index in [1.54, 1.807) is 11.9 Å². The molecule has 0 unspecified atom stereocenters. The summed E-state index contributed by atoms with van der Waals surface area (Å²) >= 11 is 1.73. The minimum absolute atomic E-state index is 0.698. The van der Waals surface area contributed by atoms with Gasteiger partial charge in [0.15, 0.2) is 0 Å². The zero-order valence-electron chi connectivity index (χ0n) is 10.3. The second kappa shape index (κ2) is 6.28. The summed E-state index contributed by atoms with van der Waals surface area (Å²) in [6.07, 6.45) is 2.47. The van der Waals surface area contributed by atoms with Crippen molar-refractivity contribution in [3.8, 4) is 0 Å². The van der Waals surface area contributed by atoms with E-state index in [1.807, 2.05) is 13.1 Å². The van der Waals surface area contributed by atoms with E-state index in [2.05, 4.69) is 22.2 Å². The van der Waals surface area contributed by atoms with E-state index in [0.717, 1.165) is 24.5 Å². The lowest BCUT2D eigenvalue weighted by atomic mass is 9.87. The van der Waals surface area contributed by atoms with Crippen molar-refractivity contribution in [2.75, 3.05) is 25.9 Å². The van der Waals surface area contributed by atoms with Crippen molar-refractivity contribution >= 4 is 17.6 Å². The van der Waals surface area contributed by atoms with Gasteiger partial charge in [0, 0.05) is 11.4 Å². The maximum atomic E-state index is 5.89. The monoisotopic (exact) mass is 251 g/mol. The van der Waals surface area contributed by atoms with Crippen LogP contribution in [0.15, 0.2) is 18.2 Å². The zero-order chi connectivity index (χ0) is 12.1. The van der Waals surface area contributed by atoms with Crippen molar-refractivity contribution in [3.63, 3.8) is 0 Å². The minimum Gasteiger partial charge on any atom is -0.399 e. The first-order valence-electron chi connectivity index (χ1n) is 6.19. The molecule has 0 bridgehead atoms. The highest BCUT2D eigenvalue weighted by atomic mass is 32.2. The summed E-state index contributed by atoms with van der Waals surface area (Å²) in [6, 6.07) is 6.38. The third-order valence-electron chi connectivity index (χ3n) is 3.32. The van der Waals surface area contributed by atoms with Gasteiger partial charge in [0.05, 0.1) is 0 Å². The van der Waals surface area contributed by atoms with Gasteiger partial charge in [-0.3, -0.25) is 4.72 Å². The number of piperidine rings is 1. The minimum atomic E-state index is 0.698. The van der Waals surface area contributed by atoms with E-state index in [9.17, 15) is 0 Å². The summed E-state index contributed by atoms with van der Waals surface area (Å²) in [7, 11) is 1.96. The van der Waals surface area contributed by atoms with Crippen LogP contribution in [0.3, 0.4) is 0 Å². The van der Waals surface area contributed by atoms with Gasteiger partial charge in [-0.2, -0.15) is 0 Å². The average molecular weight is 251 g/mol. The van der Waals surface area contributed by atoms with Gasteiger partial charge in [0.25, 0.3) is 0 Å². The molecule has 94 valence electrons. The Morgan fingerprint density at radius 3 is 2.88 bits per heavy atom. The second-order valence-corrected chi connectivity index (χ2v) is 5.46. The van der Waals surface area contributed by atoms with Gasteiger partial charge < -0.3 is 11.1 Å². The SMILES string of the molecule is CNSCc1cc(N)ccc1C1CCNCC1. The Hall–Kier alpha value is -0.710. The Kier molecular flexibility index (Phi) is 4.71. The predicted octanol–water partition coefficient (Wildman–Crippen LogP) is 2.10. The molecule has 0 aromatic heterocycles. The first-order chi connectivity index (χ1) is 8.31. The van der Waals surface area contributed by atoms with Crippen molar-refractivity contribution in [2.24, 2.45) is 0 Å². The quantitative estimate of drug-likeness (QED) is 0.566. The van der Waals surface area contributed by atoms with Crippen LogP contribution in [-0.2, 0) is 5.75 Å². The highest BCUT2D eigenvalue weighted by molar-refractivity contribution is 7.96. The Morgan fingerprint density at radius 1 is 1.41 bits per heavy atom. The van der Waals surface area contributed by atoms with Gasteiger partial charge in [-0.25, -0.2) is 0 Å². The number of rotatable bonds is 4. The third-order valence-corrected chi connectivity index (χ3v) is 4.06. The molecule has 1 aromatic rings. The van der Waals surface area contributed by atoms with Gasteiger partial charge in [0.2, 0.25) is 0 Å². The van der Waals surface area contributed by atoms with E-state index < -0.39 is 0 Å². The lowest BCUT2D eigenvalue weighted by Crippen LogP contribution is -2.27. The summed E-state index contributed by atoms with van der Waals surface area (Å²) in [5.74, 6) is 1.69. The first-order valence-corrected chi connectivity index (χ1v) is 7.17. The van der Waals surface area contributed by atoms with Gasteiger partial charge >= 0.3 is 0 Å². The highest BCUT2D eigenvalue weighted by Crippen LogP contribution is 2.30. The number of nitrogen functional groups attached to an aromatic ring is 1. The maximum Gasteiger partial charge on any atom is 0.0333 e. The molecule has 1 saturated heterocycles. The zero-order valence-corrected chi connectivity index (χ0v) is 11.1. The molecule has 1 aliphatic heterocycles. The van der Waals surface area contributed by atoms with Crippen LogP contribution in [0.5, 0.6) is 0 Å². The van der Waals surface area contributed by atoms with E-state index in [4.69, 9.17) is 5.73 Å². The Labute approximate surface area is 108 Å². The third kappa shape index (κ3) is 3.37. The van der Waals surface area contributed by atoms with E-state index in [1.165, 1.54) is 24.0 Å². The van der Waals surface area contributed by atoms with Crippen molar-refractivity contribution in [1.29, 1.82) is 0 Å². The summed E-state index contributed by atoms with van der Waals surface area (Å²) in [5.41, 5.74) is 9.63. The molecule has 0 spiro atoms. The maximum absolute atomic E-state index is 5.89. The summed E-state index contributed by atoms with van der Waals surface area (Å²) in [4.78, 5) is 0. The van der Waals surface area contributed by atoms with Crippen molar-refractivity contribution in [2.45, 2.75) is 24.5 Å². The fraction of sp³-hybridized carbons (Fsp3) is 0.538. The molecule has 1 aliphatic rings. The molecule has 0 atom stereocenters. The highest BCUT2D eigenvalue weighted by Gasteiger charge is 2.18. The van der Waals surface area contributed by atoms with Crippen LogP contribution in [0.2, 0.25) is 0 Å². The molecule has 2 rings (SSSR count). The fourth-order valence-corrected chi connectivity index (χ4v) is 2.98. The molecule has 1 fully saturated rings. The molecule has 0 radical (unpaired) electrons. The molecule has 1 aromatic carbocycles. The van der Waals surface area contributed by atoms with Crippen LogP contribution in [0.25, 0.3) is 0 Å². The number of hydrogen-bond donors (Lipinski definition) is 3. The second-order valence-electron chi connectivity index (χ2n) is 4.48. The van der Waals surface area contributed by atoms with E-state index >= 15 is 0 Å². The van der Waals surface area contributed by atoms with Gasteiger partial charge in [-0.15, -0.1) is 0 Å².